The van der Waals surface area contributed by atoms with E-state index in [9.17, 15) is 4.79 Å². The molecule has 0 saturated heterocycles. The van der Waals surface area contributed by atoms with Gasteiger partial charge < -0.3 is 10.1 Å². The number of hydrogen-bond acceptors (Lipinski definition) is 5. The monoisotopic (exact) mass is 466 g/mol. The predicted molar refractivity (Wildman–Crippen MR) is 135 cm³/mol. The standard InChI is InChI=1S/C27H26N6O2/c1-27(2,3)20-10-8-18(9-11-20)26(34)30-23-17-33-24(29-23)12-13-25(31-33)35-21-7-5-6-19(16-21)22-14-15-28-32(22)4/h5-17H,1-4H3,(H,30,34). The third kappa shape index (κ3) is 4.77. The SMILES string of the molecule is Cn1nccc1-c1cccc(Oc2ccc3nc(NC(=O)c4ccc(C(C)(C)C)cc4)cn3n2)c1. The first kappa shape index (κ1) is 22.3. The molecule has 2 aromatic carbocycles. The minimum atomic E-state index is -0.225. The molecule has 0 unspecified atom stereocenters. The van der Waals surface area contributed by atoms with Crippen LogP contribution in [0, 0.1) is 0 Å². The van der Waals surface area contributed by atoms with Gasteiger partial charge in [0.1, 0.15) is 5.75 Å². The minimum Gasteiger partial charge on any atom is -0.438 e. The second-order valence-electron chi connectivity index (χ2n) is 9.35. The van der Waals surface area contributed by atoms with E-state index in [0.29, 0.717) is 28.7 Å². The fourth-order valence-electron chi connectivity index (χ4n) is 3.79. The molecule has 3 heterocycles. The number of carbonyl (C=O) groups excluding carboxylic acids is 1. The molecule has 8 nitrogen and oxygen atoms in total. The number of rotatable bonds is 5. The van der Waals surface area contributed by atoms with Gasteiger partial charge in [0.25, 0.3) is 5.91 Å². The Morgan fingerprint density at radius 3 is 2.51 bits per heavy atom. The second-order valence-corrected chi connectivity index (χ2v) is 9.35. The molecule has 0 spiro atoms. The summed E-state index contributed by atoms with van der Waals surface area (Å²) in [5.74, 6) is 1.26. The molecule has 35 heavy (non-hydrogen) atoms. The number of anilines is 1. The highest BCUT2D eigenvalue weighted by molar-refractivity contribution is 6.03. The molecule has 8 heteroatoms. The number of amides is 1. The maximum absolute atomic E-state index is 12.7. The summed E-state index contributed by atoms with van der Waals surface area (Å²) in [5, 5.41) is 11.5. The van der Waals surface area contributed by atoms with Gasteiger partial charge >= 0.3 is 0 Å². The van der Waals surface area contributed by atoms with Gasteiger partial charge in [-0.3, -0.25) is 9.48 Å². The lowest BCUT2D eigenvalue weighted by molar-refractivity contribution is 0.102. The Labute approximate surface area is 203 Å². The zero-order chi connectivity index (χ0) is 24.6. The van der Waals surface area contributed by atoms with Crippen molar-refractivity contribution in [3.05, 3.63) is 90.3 Å². The van der Waals surface area contributed by atoms with Crippen LogP contribution in [0.3, 0.4) is 0 Å². The number of carbonyl (C=O) groups is 1. The van der Waals surface area contributed by atoms with Crippen molar-refractivity contribution in [3.63, 3.8) is 0 Å². The van der Waals surface area contributed by atoms with Gasteiger partial charge in [-0.15, -0.1) is 5.10 Å². The Hall–Kier alpha value is -4.46. The topological polar surface area (TPSA) is 86.3 Å². The van der Waals surface area contributed by atoms with Crippen molar-refractivity contribution in [2.45, 2.75) is 26.2 Å². The normalized spacial score (nSPS) is 11.5. The number of fused-ring (bicyclic) bond motifs is 1. The van der Waals surface area contributed by atoms with Crippen LogP contribution in [-0.4, -0.2) is 30.3 Å². The summed E-state index contributed by atoms with van der Waals surface area (Å²) in [6.07, 6.45) is 3.42. The summed E-state index contributed by atoms with van der Waals surface area (Å²) in [5.41, 5.74) is 4.35. The number of aryl methyl sites for hydroxylation is 1. The van der Waals surface area contributed by atoms with Crippen molar-refractivity contribution in [2.75, 3.05) is 5.32 Å². The largest absolute Gasteiger partial charge is 0.438 e. The average molecular weight is 467 g/mol. The zero-order valence-corrected chi connectivity index (χ0v) is 20.1. The Kier molecular flexibility index (Phi) is 5.56. The highest BCUT2D eigenvalue weighted by Gasteiger charge is 2.15. The molecule has 0 radical (unpaired) electrons. The van der Waals surface area contributed by atoms with Gasteiger partial charge in [0.2, 0.25) is 5.88 Å². The Morgan fingerprint density at radius 2 is 1.80 bits per heavy atom. The van der Waals surface area contributed by atoms with E-state index in [0.717, 1.165) is 11.3 Å². The fraction of sp³-hybridized carbons (Fsp3) is 0.185. The molecule has 0 aliphatic carbocycles. The van der Waals surface area contributed by atoms with Crippen LogP contribution in [0.1, 0.15) is 36.7 Å². The number of nitrogens with one attached hydrogen (secondary N) is 1. The maximum atomic E-state index is 12.7. The van der Waals surface area contributed by atoms with Crippen molar-refractivity contribution in [2.24, 2.45) is 7.05 Å². The second kappa shape index (κ2) is 8.72. The molecule has 5 rings (SSSR count). The number of nitrogens with zero attached hydrogens (tertiary/aromatic N) is 5. The highest BCUT2D eigenvalue weighted by Crippen LogP contribution is 2.27. The van der Waals surface area contributed by atoms with Gasteiger partial charge in [-0.05, 0) is 47.4 Å². The Bertz CT molecular complexity index is 1510. The fourth-order valence-corrected chi connectivity index (χ4v) is 3.79. The van der Waals surface area contributed by atoms with E-state index < -0.39 is 0 Å². The molecular formula is C27H26N6O2. The maximum Gasteiger partial charge on any atom is 0.256 e. The summed E-state index contributed by atoms with van der Waals surface area (Å²) in [6, 6.07) is 20.8. The first-order chi connectivity index (χ1) is 16.8. The van der Waals surface area contributed by atoms with Gasteiger partial charge in [-0.25, -0.2) is 9.50 Å². The number of benzene rings is 2. The van der Waals surface area contributed by atoms with E-state index in [1.807, 2.05) is 66.3 Å². The van der Waals surface area contributed by atoms with E-state index in [1.165, 1.54) is 5.56 Å². The molecule has 0 aliphatic rings. The van der Waals surface area contributed by atoms with Gasteiger partial charge in [0, 0.05) is 30.4 Å². The van der Waals surface area contributed by atoms with E-state index in [-0.39, 0.29) is 11.3 Å². The van der Waals surface area contributed by atoms with Gasteiger partial charge in [-0.1, -0.05) is 45.0 Å². The minimum absolute atomic E-state index is 0.0297. The first-order valence-electron chi connectivity index (χ1n) is 11.3. The molecular weight excluding hydrogens is 440 g/mol. The summed E-state index contributed by atoms with van der Waals surface area (Å²) in [4.78, 5) is 17.1. The van der Waals surface area contributed by atoms with Crippen molar-refractivity contribution >= 4 is 17.4 Å². The van der Waals surface area contributed by atoms with Crippen molar-refractivity contribution < 1.29 is 9.53 Å². The van der Waals surface area contributed by atoms with Gasteiger partial charge in [0.15, 0.2) is 11.5 Å². The van der Waals surface area contributed by atoms with Gasteiger partial charge in [0.05, 0.1) is 11.9 Å². The van der Waals surface area contributed by atoms with Gasteiger partial charge in [-0.2, -0.15) is 5.10 Å². The van der Waals surface area contributed by atoms with E-state index in [4.69, 9.17) is 4.74 Å². The first-order valence-corrected chi connectivity index (χ1v) is 11.3. The summed E-state index contributed by atoms with van der Waals surface area (Å²) in [6.45, 7) is 6.42. The molecule has 0 fully saturated rings. The molecule has 1 N–H and O–H groups in total. The molecule has 0 saturated carbocycles. The van der Waals surface area contributed by atoms with Crippen molar-refractivity contribution in [1.82, 2.24) is 24.4 Å². The smallest absolute Gasteiger partial charge is 0.256 e. The van der Waals surface area contributed by atoms with Crippen LogP contribution in [-0.2, 0) is 12.5 Å². The van der Waals surface area contributed by atoms with E-state index in [2.05, 4.69) is 41.3 Å². The van der Waals surface area contributed by atoms with Crippen LogP contribution >= 0.6 is 0 Å². The van der Waals surface area contributed by atoms with Crippen LogP contribution < -0.4 is 10.1 Å². The number of hydrogen-bond donors (Lipinski definition) is 1. The molecule has 0 bridgehead atoms. The predicted octanol–water partition coefficient (Wildman–Crippen LogP) is 5.47. The number of aromatic nitrogens is 5. The lowest BCUT2D eigenvalue weighted by Crippen LogP contribution is -2.14. The Balaban J connectivity index is 1.32. The summed E-state index contributed by atoms with van der Waals surface area (Å²) < 4.78 is 9.38. The highest BCUT2D eigenvalue weighted by atomic mass is 16.5. The molecule has 176 valence electrons. The summed E-state index contributed by atoms with van der Waals surface area (Å²) in [7, 11) is 1.90. The molecule has 0 atom stereocenters. The molecule has 5 aromatic rings. The number of imidazole rings is 1. The lowest BCUT2D eigenvalue weighted by Gasteiger charge is -2.18. The van der Waals surface area contributed by atoms with E-state index >= 15 is 0 Å². The van der Waals surface area contributed by atoms with Crippen molar-refractivity contribution in [3.8, 4) is 22.9 Å². The van der Waals surface area contributed by atoms with Crippen LogP contribution in [0.2, 0.25) is 0 Å². The zero-order valence-electron chi connectivity index (χ0n) is 20.1. The molecule has 1 amide bonds. The van der Waals surface area contributed by atoms with Crippen LogP contribution in [0.25, 0.3) is 16.9 Å². The van der Waals surface area contributed by atoms with Crippen molar-refractivity contribution in [1.29, 1.82) is 0 Å². The lowest BCUT2D eigenvalue weighted by atomic mass is 9.87. The third-order valence-corrected chi connectivity index (χ3v) is 5.72. The average Bonchev–Trinajstić information content (AvgIpc) is 3.43. The number of ether oxygens (including phenoxy) is 1. The van der Waals surface area contributed by atoms with Crippen LogP contribution in [0.15, 0.2) is 79.1 Å². The van der Waals surface area contributed by atoms with E-state index in [1.54, 1.807) is 29.0 Å². The summed E-state index contributed by atoms with van der Waals surface area (Å²) >= 11 is 0. The third-order valence-electron chi connectivity index (χ3n) is 5.72. The molecule has 3 aromatic heterocycles. The van der Waals surface area contributed by atoms with Crippen LogP contribution in [0.4, 0.5) is 5.82 Å². The Morgan fingerprint density at radius 1 is 1.00 bits per heavy atom. The van der Waals surface area contributed by atoms with Crippen LogP contribution in [0.5, 0.6) is 11.6 Å². The quantitative estimate of drug-likeness (QED) is 0.371. The molecule has 0 aliphatic heterocycles.